The summed E-state index contributed by atoms with van der Waals surface area (Å²) >= 11 is 1.61. The van der Waals surface area contributed by atoms with E-state index < -0.39 is 0 Å². The summed E-state index contributed by atoms with van der Waals surface area (Å²) in [4.78, 5) is 5.62. The van der Waals surface area contributed by atoms with Gasteiger partial charge in [-0.3, -0.25) is 4.84 Å². The molecule has 0 aliphatic carbocycles. The molecule has 0 spiro atoms. The van der Waals surface area contributed by atoms with E-state index in [9.17, 15) is 5.11 Å². The first-order valence-corrected chi connectivity index (χ1v) is 5.09. The van der Waals surface area contributed by atoms with Gasteiger partial charge in [-0.05, 0) is 36.4 Å². The van der Waals surface area contributed by atoms with E-state index in [-0.39, 0.29) is 5.75 Å². The second-order valence-electron chi connectivity index (χ2n) is 2.76. The molecule has 0 bridgehead atoms. The first kappa shape index (κ1) is 10.4. The van der Waals surface area contributed by atoms with Gasteiger partial charge in [0.1, 0.15) is 5.75 Å². The van der Waals surface area contributed by atoms with Crippen molar-refractivity contribution in [3.05, 3.63) is 23.3 Å². The third-order valence-corrected chi connectivity index (χ3v) is 2.66. The summed E-state index contributed by atoms with van der Waals surface area (Å²) in [6.07, 6.45) is 1.98. The molecule has 0 atom stereocenters. The fourth-order valence-corrected chi connectivity index (χ4v) is 1.78. The predicted molar refractivity (Wildman–Crippen MR) is 53.6 cm³/mol. The van der Waals surface area contributed by atoms with E-state index in [4.69, 9.17) is 5.90 Å². The fraction of sp³-hybridized carbons (Fsp3) is 0.333. The molecule has 0 amide bonds. The van der Waals surface area contributed by atoms with E-state index >= 15 is 0 Å². The molecule has 0 fully saturated rings. The number of hydrogen-bond donors (Lipinski definition) is 2. The van der Waals surface area contributed by atoms with Gasteiger partial charge in [0, 0.05) is 4.90 Å². The van der Waals surface area contributed by atoms with Gasteiger partial charge in [-0.15, -0.1) is 11.8 Å². The molecule has 3 N–H and O–H groups in total. The Hall–Kier alpha value is -0.710. The Bertz CT molecular complexity index is 302. The van der Waals surface area contributed by atoms with Crippen LogP contribution in [0.15, 0.2) is 17.0 Å². The zero-order valence-electron chi connectivity index (χ0n) is 7.70. The number of aromatic hydroxyl groups is 1. The van der Waals surface area contributed by atoms with Crippen molar-refractivity contribution < 1.29 is 9.94 Å². The molecular weight excluding hydrogens is 186 g/mol. The van der Waals surface area contributed by atoms with Gasteiger partial charge in [-0.25, -0.2) is 5.90 Å². The highest BCUT2D eigenvalue weighted by Gasteiger charge is 2.05. The number of rotatable bonds is 3. The van der Waals surface area contributed by atoms with Crippen molar-refractivity contribution in [2.45, 2.75) is 18.4 Å². The summed E-state index contributed by atoms with van der Waals surface area (Å²) in [7, 11) is 0. The molecule has 0 saturated heterocycles. The zero-order chi connectivity index (χ0) is 9.84. The third-order valence-electron chi connectivity index (χ3n) is 1.84. The zero-order valence-corrected chi connectivity index (χ0v) is 8.52. The van der Waals surface area contributed by atoms with Gasteiger partial charge < -0.3 is 5.11 Å². The van der Waals surface area contributed by atoms with E-state index in [1.54, 1.807) is 17.8 Å². The lowest BCUT2D eigenvalue weighted by molar-refractivity contribution is 0.122. The number of phenols is 1. The second-order valence-corrected chi connectivity index (χ2v) is 3.61. The molecule has 3 nitrogen and oxygen atoms in total. The number of hydrogen-bond acceptors (Lipinski definition) is 4. The summed E-state index contributed by atoms with van der Waals surface area (Å²) in [5.74, 6) is 5.26. The lowest BCUT2D eigenvalue weighted by atomic mass is 10.1. The minimum absolute atomic E-state index is 0.282. The van der Waals surface area contributed by atoms with Crippen LogP contribution in [0.3, 0.4) is 0 Å². The first-order valence-electron chi connectivity index (χ1n) is 3.87. The van der Waals surface area contributed by atoms with Gasteiger partial charge in [0.05, 0.1) is 6.61 Å². The Balaban J connectivity index is 3.09. The molecule has 4 heteroatoms. The van der Waals surface area contributed by atoms with Crippen molar-refractivity contribution in [1.82, 2.24) is 0 Å². The number of thioether (sulfide) groups is 1. The number of nitrogens with two attached hydrogens (primary N) is 1. The summed E-state index contributed by atoms with van der Waals surface area (Å²) in [6.45, 7) is 2.19. The maximum Gasteiger partial charge on any atom is 0.118 e. The van der Waals surface area contributed by atoms with Crippen molar-refractivity contribution in [3.8, 4) is 5.75 Å². The summed E-state index contributed by atoms with van der Waals surface area (Å²) < 4.78 is 0. The van der Waals surface area contributed by atoms with Crippen LogP contribution in [0.1, 0.15) is 11.1 Å². The monoisotopic (exact) mass is 199 g/mol. The molecule has 1 aromatic carbocycles. The van der Waals surface area contributed by atoms with E-state index in [0.29, 0.717) is 6.61 Å². The molecule has 1 aromatic rings. The van der Waals surface area contributed by atoms with Crippen molar-refractivity contribution in [1.29, 1.82) is 0 Å². The highest BCUT2D eigenvalue weighted by atomic mass is 32.2. The van der Waals surface area contributed by atoms with E-state index in [1.165, 1.54) is 0 Å². The molecule has 0 saturated carbocycles. The SMILES string of the molecule is CSc1cc(C)c(O)cc1CON. The maximum atomic E-state index is 9.44. The lowest BCUT2D eigenvalue weighted by Gasteiger charge is -2.08. The second kappa shape index (κ2) is 4.50. The molecule has 1 rings (SSSR count). The Morgan fingerprint density at radius 1 is 1.54 bits per heavy atom. The van der Waals surface area contributed by atoms with E-state index in [2.05, 4.69) is 4.84 Å². The fourth-order valence-electron chi connectivity index (χ4n) is 1.11. The number of phenolic OH excluding ortho intramolecular Hbond substituents is 1. The van der Waals surface area contributed by atoms with Gasteiger partial charge in [0.15, 0.2) is 0 Å². The highest BCUT2D eigenvalue weighted by Crippen LogP contribution is 2.28. The third kappa shape index (κ3) is 2.37. The van der Waals surface area contributed by atoms with Crippen LogP contribution in [0.5, 0.6) is 5.75 Å². The Labute approximate surface area is 81.9 Å². The molecule has 0 aliphatic rings. The molecular formula is C9H13NO2S. The quantitative estimate of drug-likeness (QED) is 0.576. The molecule has 0 heterocycles. The van der Waals surface area contributed by atoms with Crippen molar-refractivity contribution in [3.63, 3.8) is 0 Å². The number of aryl methyl sites for hydroxylation is 1. The summed E-state index contributed by atoms with van der Waals surface area (Å²) in [5, 5.41) is 9.44. The van der Waals surface area contributed by atoms with Crippen LogP contribution < -0.4 is 5.90 Å². The molecule has 0 aromatic heterocycles. The lowest BCUT2D eigenvalue weighted by Crippen LogP contribution is -2.00. The topological polar surface area (TPSA) is 55.5 Å². The average molecular weight is 199 g/mol. The van der Waals surface area contributed by atoms with Gasteiger partial charge in [-0.2, -0.15) is 0 Å². The Morgan fingerprint density at radius 3 is 2.77 bits per heavy atom. The van der Waals surface area contributed by atoms with Crippen molar-refractivity contribution >= 4 is 11.8 Å². The van der Waals surface area contributed by atoms with Crippen LogP contribution in [-0.2, 0) is 11.4 Å². The van der Waals surface area contributed by atoms with E-state index in [0.717, 1.165) is 16.0 Å². The maximum absolute atomic E-state index is 9.44. The smallest absolute Gasteiger partial charge is 0.118 e. The van der Waals surface area contributed by atoms with Crippen LogP contribution in [0, 0.1) is 6.92 Å². The largest absolute Gasteiger partial charge is 0.508 e. The standard InChI is InChI=1S/C9H13NO2S/c1-6-3-9(13-2)7(5-12-10)4-8(6)11/h3-4,11H,5,10H2,1-2H3. The first-order chi connectivity index (χ1) is 6.19. The van der Waals surface area contributed by atoms with Crippen LogP contribution in [0.25, 0.3) is 0 Å². The van der Waals surface area contributed by atoms with Crippen LogP contribution in [0.2, 0.25) is 0 Å². The minimum Gasteiger partial charge on any atom is -0.508 e. The molecule has 0 unspecified atom stereocenters. The highest BCUT2D eigenvalue weighted by molar-refractivity contribution is 7.98. The van der Waals surface area contributed by atoms with Crippen LogP contribution in [0.4, 0.5) is 0 Å². The van der Waals surface area contributed by atoms with Gasteiger partial charge in [0.2, 0.25) is 0 Å². The average Bonchev–Trinajstić information content (AvgIpc) is 2.11. The van der Waals surface area contributed by atoms with Gasteiger partial charge in [-0.1, -0.05) is 0 Å². The molecule has 0 aliphatic heterocycles. The normalized spacial score (nSPS) is 10.4. The molecule has 72 valence electrons. The molecule has 0 radical (unpaired) electrons. The summed E-state index contributed by atoms with van der Waals surface area (Å²) in [6, 6.07) is 3.61. The molecule has 13 heavy (non-hydrogen) atoms. The summed E-state index contributed by atoms with van der Waals surface area (Å²) in [5.41, 5.74) is 1.78. The van der Waals surface area contributed by atoms with Crippen LogP contribution in [-0.4, -0.2) is 11.4 Å². The minimum atomic E-state index is 0.282. The van der Waals surface area contributed by atoms with Crippen molar-refractivity contribution in [2.75, 3.05) is 6.26 Å². The van der Waals surface area contributed by atoms with E-state index in [1.807, 2.05) is 19.2 Å². The van der Waals surface area contributed by atoms with Crippen LogP contribution >= 0.6 is 11.8 Å². The number of benzene rings is 1. The Kier molecular flexibility index (Phi) is 3.59. The Morgan fingerprint density at radius 2 is 2.23 bits per heavy atom. The van der Waals surface area contributed by atoms with Crippen molar-refractivity contribution in [2.24, 2.45) is 5.90 Å². The van der Waals surface area contributed by atoms with Gasteiger partial charge >= 0.3 is 0 Å². The van der Waals surface area contributed by atoms with Gasteiger partial charge in [0.25, 0.3) is 0 Å². The predicted octanol–water partition coefficient (Wildman–Crippen LogP) is 1.81.